The van der Waals surface area contributed by atoms with Crippen LogP contribution in [0.25, 0.3) is 0 Å². The zero-order valence-corrected chi connectivity index (χ0v) is 10.2. The van der Waals surface area contributed by atoms with E-state index in [9.17, 15) is 0 Å². The summed E-state index contributed by atoms with van der Waals surface area (Å²) >= 11 is 0. The molecule has 1 aromatic rings. The molecule has 0 aliphatic carbocycles. The van der Waals surface area contributed by atoms with Gasteiger partial charge in [-0.3, -0.25) is 0 Å². The van der Waals surface area contributed by atoms with Crippen LogP contribution < -0.4 is 0 Å². The van der Waals surface area contributed by atoms with Gasteiger partial charge in [-0.15, -0.1) is 5.10 Å². The molecule has 13 heavy (non-hydrogen) atoms. The van der Waals surface area contributed by atoms with E-state index in [0.717, 1.165) is 13.8 Å². The molecule has 3 nitrogen and oxygen atoms in total. The second-order valence-electron chi connectivity index (χ2n) is 5.32. The molecule has 1 rings (SSSR count). The van der Waals surface area contributed by atoms with E-state index in [-0.39, 0.29) is 11.0 Å². The fourth-order valence-electron chi connectivity index (χ4n) is 0.799. The Bertz CT molecular complexity index is 262. The highest BCUT2D eigenvalue weighted by Crippen LogP contribution is 2.29. The van der Waals surface area contributed by atoms with Gasteiger partial charge in [0.2, 0.25) is 0 Å². The van der Waals surface area contributed by atoms with Crippen molar-refractivity contribution in [1.82, 2.24) is 14.8 Å². The number of aromatic nitrogens is 3. The molecule has 0 radical (unpaired) electrons. The topological polar surface area (TPSA) is 30.7 Å². The van der Waals surface area contributed by atoms with Crippen molar-refractivity contribution in [2.24, 2.45) is 0 Å². The predicted octanol–water partition coefficient (Wildman–Crippen LogP) is 2.91. The van der Waals surface area contributed by atoms with Crippen molar-refractivity contribution in [3.05, 3.63) is 5.43 Å². The van der Waals surface area contributed by atoms with Gasteiger partial charge in [0.25, 0.3) is 0 Å². The molecule has 74 valence electrons. The van der Waals surface area contributed by atoms with Crippen molar-refractivity contribution in [3.8, 4) is 0 Å². The molecule has 1 heterocycles. The molecule has 0 aliphatic heterocycles. The third kappa shape index (κ3) is 2.50. The Kier molecular flexibility index (Phi) is 2.50. The Labute approximate surface area is 81.7 Å². The Morgan fingerprint density at radius 3 is 1.85 bits per heavy atom. The van der Waals surface area contributed by atoms with Gasteiger partial charge in [-0.25, -0.2) is 4.44 Å². The smallest absolute Gasteiger partial charge is 0.116 e. The first kappa shape index (κ1) is 10.6. The molecule has 0 spiro atoms. The fraction of sp³-hybridized carbons (Fsp3) is 0.889. The van der Waals surface area contributed by atoms with Crippen LogP contribution in [0.15, 0.2) is 0 Å². The summed E-state index contributed by atoms with van der Waals surface area (Å²) in [6, 6.07) is 0. The van der Waals surface area contributed by atoms with Crippen LogP contribution in [0.5, 0.6) is 0 Å². The van der Waals surface area contributed by atoms with Gasteiger partial charge in [0.15, 0.2) is 0 Å². The fourth-order valence-corrected chi connectivity index (χ4v) is 1.74. The molecule has 0 atom stereocenters. The highest BCUT2D eigenvalue weighted by atomic mass is 31.0. The minimum absolute atomic E-state index is 0.0675. The van der Waals surface area contributed by atoms with Crippen molar-refractivity contribution < 1.29 is 0 Å². The minimum atomic E-state index is 0.0675. The first-order valence-corrected chi connectivity index (χ1v) is 5.37. The number of hydrogen-bond donors (Lipinski definition) is 0. The van der Waals surface area contributed by atoms with Gasteiger partial charge in [-0.1, -0.05) is 26.0 Å². The molecule has 0 unspecified atom stereocenters. The molecule has 0 saturated carbocycles. The van der Waals surface area contributed by atoms with E-state index in [4.69, 9.17) is 0 Å². The Balaban J connectivity index is 3.01. The summed E-state index contributed by atoms with van der Waals surface area (Å²) < 4.78 is 2.01. The average molecular weight is 199 g/mol. The lowest BCUT2D eigenvalue weighted by Gasteiger charge is -2.17. The number of rotatable bonds is 0. The summed E-state index contributed by atoms with van der Waals surface area (Å²) in [4.78, 5) is 0. The van der Waals surface area contributed by atoms with Gasteiger partial charge in [-0.05, 0) is 20.8 Å². The quantitative estimate of drug-likeness (QED) is 0.643. The monoisotopic (exact) mass is 199 g/mol. The summed E-state index contributed by atoms with van der Waals surface area (Å²) in [6.07, 6.45) is 0. The molecule has 0 N–H and O–H groups in total. The molecule has 0 aliphatic rings. The van der Waals surface area contributed by atoms with Crippen LogP contribution in [0.3, 0.4) is 0 Å². The summed E-state index contributed by atoms with van der Waals surface area (Å²) in [5, 5.41) is 8.37. The van der Waals surface area contributed by atoms with E-state index in [1.54, 1.807) is 0 Å². The summed E-state index contributed by atoms with van der Waals surface area (Å²) in [5.74, 6) is 0. The Morgan fingerprint density at radius 1 is 1.08 bits per heavy atom. The van der Waals surface area contributed by atoms with Gasteiger partial charge in [0, 0.05) is 5.41 Å². The zero-order chi connectivity index (χ0) is 10.3. The SMILES string of the molecule is CC(C)(C)c1nnn(C(C)(C)C)p1. The van der Waals surface area contributed by atoms with Crippen LogP contribution >= 0.6 is 8.35 Å². The van der Waals surface area contributed by atoms with Gasteiger partial charge in [0.05, 0.1) is 13.9 Å². The van der Waals surface area contributed by atoms with Gasteiger partial charge >= 0.3 is 0 Å². The largest absolute Gasteiger partial charge is 0.222 e. The minimum Gasteiger partial charge on any atom is -0.222 e. The molecule has 0 aromatic carbocycles. The standard InChI is InChI=1S/C9H18N3P/c1-8(2,3)7-10-11-12(13-7)9(4,5)6/h1-6H3. The first-order chi connectivity index (χ1) is 5.71. The van der Waals surface area contributed by atoms with Crippen LogP contribution in [-0.4, -0.2) is 14.8 Å². The maximum Gasteiger partial charge on any atom is 0.116 e. The van der Waals surface area contributed by atoms with Crippen LogP contribution in [-0.2, 0) is 11.0 Å². The van der Waals surface area contributed by atoms with Crippen molar-refractivity contribution in [2.75, 3.05) is 0 Å². The Morgan fingerprint density at radius 2 is 1.62 bits per heavy atom. The van der Waals surface area contributed by atoms with Crippen molar-refractivity contribution in [2.45, 2.75) is 52.5 Å². The number of nitrogens with zero attached hydrogens (tertiary/aromatic N) is 3. The molecule has 1 aromatic heterocycles. The lowest BCUT2D eigenvalue weighted by molar-refractivity contribution is 0.376. The highest BCUT2D eigenvalue weighted by molar-refractivity contribution is 7.26. The van der Waals surface area contributed by atoms with Gasteiger partial charge in [0.1, 0.15) is 5.43 Å². The molecule has 0 saturated heterocycles. The second kappa shape index (κ2) is 3.06. The highest BCUT2D eigenvalue weighted by Gasteiger charge is 2.22. The molecule has 0 bridgehead atoms. The normalized spacial score (nSPS) is 14.0. The van der Waals surface area contributed by atoms with Crippen LogP contribution in [0.2, 0.25) is 0 Å². The predicted molar refractivity (Wildman–Crippen MR) is 56.2 cm³/mol. The molecule has 4 heteroatoms. The van der Waals surface area contributed by atoms with E-state index in [2.05, 4.69) is 51.9 Å². The Hall–Kier alpha value is -0.430. The van der Waals surface area contributed by atoms with E-state index in [0.29, 0.717) is 0 Å². The van der Waals surface area contributed by atoms with Gasteiger partial charge < -0.3 is 0 Å². The van der Waals surface area contributed by atoms with Crippen LogP contribution in [0.1, 0.15) is 47.0 Å². The average Bonchev–Trinajstić information content (AvgIpc) is 2.28. The van der Waals surface area contributed by atoms with Crippen molar-refractivity contribution in [3.63, 3.8) is 0 Å². The molecular formula is C9H18N3P. The third-order valence-electron chi connectivity index (χ3n) is 1.68. The first-order valence-electron chi connectivity index (χ1n) is 4.52. The van der Waals surface area contributed by atoms with Crippen molar-refractivity contribution in [1.29, 1.82) is 0 Å². The summed E-state index contributed by atoms with van der Waals surface area (Å²) in [6.45, 7) is 12.9. The molecule has 0 fully saturated rings. The second-order valence-corrected chi connectivity index (χ2v) is 6.33. The zero-order valence-electron chi connectivity index (χ0n) is 9.29. The van der Waals surface area contributed by atoms with Gasteiger partial charge in [-0.2, -0.15) is 0 Å². The van der Waals surface area contributed by atoms with E-state index >= 15 is 0 Å². The third-order valence-corrected chi connectivity index (χ3v) is 3.50. The molecular weight excluding hydrogens is 181 g/mol. The summed E-state index contributed by atoms with van der Waals surface area (Å²) in [7, 11) is 1.13. The van der Waals surface area contributed by atoms with E-state index in [1.165, 1.54) is 0 Å². The number of hydrogen-bond acceptors (Lipinski definition) is 2. The van der Waals surface area contributed by atoms with E-state index in [1.807, 2.05) is 4.44 Å². The van der Waals surface area contributed by atoms with E-state index < -0.39 is 0 Å². The lowest BCUT2D eigenvalue weighted by Crippen LogP contribution is -2.20. The maximum atomic E-state index is 4.21. The van der Waals surface area contributed by atoms with Crippen LogP contribution in [0, 0.1) is 0 Å². The lowest BCUT2D eigenvalue weighted by atomic mass is 9.98. The summed E-state index contributed by atoms with van der Waals surface area (Å²) in [5.41, 5.74) is 1.34. The maximum absolute atomic E-state index is 4.21. The van der Waals surface area contributed by atoms with Crippen LogP contribution in [0.4, 0.5) is 0 Å². The van der Waals surface area contributed by atoms with Crippen molar-refractivity contribution >= 4 is 8.35 Å². The molecule has 0 amide bonds.